The lowest BCUT2D eigenvalue weighted by molar-refractivity contribution is -0.384. The van der Waals surface area contributed by atoms with Crippen molar-refractivity contribution in [3.05, 3.63) is 34.4 Å². The van der Waals surface area contributed by atoms with Gasteiger partial charge in [-0.15, -0.1) is 0 Å². The van der Waals surface area contributed by atoms with Crippen LogP contribution in [0.1, 0.15) is 44.9 Å². The summed E-state index contributed by atoms with van der Waals surface area (Å²) in [5.74, 6) is 0.977. The number of aliphatic hydroxyl groups is 1. The van der Waals surface area contributed by atoms with Crippen molar-refractivity contribution in [2.45, 2.75) is 50.5 Å². The van der Waals surface area contributed by atoms with E-state index < -0.39 is 10.5 Å². The molecule has 4 bridgehead atoms. The van der Waals surface area contributed by atoms with Crippen LogP contribution < -0.4 is 5.32 Å². The van der Waals surface area contributed by atoms with Crippen molar-refractivity contribution in [3.8, 4) is 0 Å². The van der Waals surface area contributed by atoms with E-state index in [4.69, 9.17) is 0 Å². The third kappa shape index (κ3) is 2.79. The Kier molecular flexibility index (Phi) is 3.42. The van der Waals surface area contributed by atoms with Gasteiger partial charge in [0.15, 0.2) is 0 Å². The summed E-state index contributed by atoms with van der Waals surface area (Å²) in [5.41, 5.74) is -0.242. The summed E-state index contributed by atoms with van der Waals surface area (Å²) >= 11 is 0. The SMILES string of the molecule is O=C(CC12CC3CC(CC(O)(C3)C1)C2)Nc1cccc([N+](=O)[O-])c1. The maximum atomic E-state index is 12.5. The molecule has 0 aromatic heterocycles. The smallest absolute Gasteiger partial charge is 0.271 e. The summed E-state index contributed by atoms with van der Waals surface area (Å²) in [6, 6.07) is 6.02. The molecule has 0 saturated heterocycles. The van der Waals surface area contributed by atoms with Gasteiger partial charge in [-0.3, -0.25) is 14.9 Å². The average molecular weight is 330 g/mol. The van der Waals surface area contributed by atoms with Crippen molar-refractivity contribution >= 4 is 17.3 Å². The first kappa shape index (κ1) is 15.6. The Hall–Kier alpha value is -1.95. The highest BCUT2D eigenvalue weighted by molar-refractivity contribution is 5.91. The van der Waals surface area contributed by atoms with Gasteiger partial charge in [0.05, 0.1) is 10.5 Å². The number of hydrogen-bond acceptors (Lipinski definition) is 4. The average Bonchev–Trinajstić information content (AvgIpc) is 2.43. The predicted molar refractivity (Wildman–Crippen MR) is 88.4 cm³/mol. The van der Waals surface area contributed by atoms with E-state index in [1.54, 1.807) is 12.1 Å². The molecule has 128 valence electrons. The molecule has 6 nitrogen and oxygen atoms in total. The van der Waals surface area contributed by atoms with Crippen LogP contribution in [0.25, 0.3) is 0 Å². The minimum Gasteiger partial charge on any atom is -0.390 e. The van der Waals surface area contributed by atoms with Crippen molar-refractivity contribution in [2.75, 3.05) is 5.32 Å². The molecule has 2 N–H and O–H groups in total. The first-order chi connectivity index (χ1) is 11.3. The quantitative estimate of drug-likeness (QED) is 0.654. The van der Waals surface area contributed by atoms with Crippen LogP contribution in [-0.2, 0) is 4.79 Å². The molecule has 0 radical (unpaired) electrons. The maximum Gasteiger partial charge on any atom is 0.271 e. The van der Waals surface area contributed by atoms with Gasteiger partial charge in [0.2, 0.25) is 5.91 Å². The fourth-order valence-electron chi connectivity index (χ4n) is 5.85. The molecule has 5 rings (SSSR count). The fraction of sp³-hybridized carbons (Fsp3) is 0.611. The van der Waals surface area contributed by atoms with Gasteiger partial charge >= 0.3 is 0 Å². The number of hydrogen-bond donors (Lipinski definition) is 2. The number of nitrogens with zero attached hydrogens (tertiary/aromatic N) is 1. The molecule has 4 aliphatic carbocycles. The second-order valence-corrected chi connectivity index (χ2v) is 8.22. The second-order valence-electron chi connectivity index (χ2n) is 8.22. The van der Waals surface area contributed by atoms with E-state index in [9.17, 15) is 20.0 Å². The number of anilines is 1. The topological polar surface area (TPSA) is 92.5 Å². The summed E-state index contributed by atoms with van der Waals surface area (Å²) in [7, 11) is 0. The lowest BCUT2D eigenvalue weighted by Gasteiger charge is -2.60. The van der Waals surface area contributed by atoms with Gasteiger partial charge in [-0.2, -0.15) is 0 Å². The second kappa shape index (κ2) is 5.28. The summed E-state index contributed by atoms with van der Waals surface area (Å²) in [6.07, 6.45) is 6.12. The largest absolute Gasteiger partial charge is 0.390 e. The van der Waals surface area contributed by atoms with Crippen LogP contribution in [0.5, 0.6) is 0 Å². The summed E-state index contributed by atoms with van der Waals surface area (Å²) in [5, 5.41) is 24.4. The van der Waals surface area contributed by atoms with Gasteiger partial charge < -0.3 is 10.4 Å². The van der Waals surface area contributed by atoms with Crippen LogP contribution >= 0.6 is 0 Å². The van der Waals surface area contributed by atoms with Gasteiger partial charge in [-0.25, -0.2) is 0 Å². The van der Waals surface area contributed by atoms with E-state index in [0.717, 1.165) is 32.1 Å². The highest BCUT2D eigenvalue weighted by Crippen LogP contribution is 2.62. The van der Waals surface area contributed by atoms with E-state index in [0.29, 0.717) is 23.9 Å². The number of carbonyl (C=O) groups is 1. The highest BCUT2D eigenvalue weighted by Gasteiger charge is 2.57. The number of non-ortho nitro benzene ring substituents is 1. The Balaban J connectivity index is 1.47. The summed E-state index contributed by atoms with van der Waals surface area (Å²) in [4.78, 5) is 22.9. The molecule has 1 aromatic rings. The lowest BCUT2D eigenvalue weighted by Crippen LogP contribution is -2.56. The molecular weight excluding hydrogens is 308 g/mol. The normalized spacial score (nSPS) is 36.5. The molecule has 1 amide bonds. The molecule has 6 heteroatoms. The summed E-state index contributed by atoms with van der Waals surface area (Å²) in [6.45, 7) is 0. The maximum absolute atomic E-state index is 12.5. The third-order valence-electron chi connectivity index (χ3n) is 6.03. The monoisotopic (exact) mass is 330 g/mol. The molecule has 24 heavy (non-hydrogen) atoms. The van der Waals surface area contributed by atoms with Crippen LogP contribution in [0.3, 0.4) is 0 Å². The first-order valence-corrected chi connectivity index (χ1v) is 8.62. The van der Waals surface area contributed by atoms with E-state index in [1.807, 2.05) is 0 Å². The van der Waals surface area contributed by atoms with Crippen molar-refractivity contribution in [1.29, 1.82) is 0 Å². The Bertz CT molecular complexity index is 688. The third-order valence-corrected chi connectivity index (χ3v) is 6.03. The number of nitro benzene ring substituents is 1. The molecule has 4 aliphatic rings. The van der Waals surface area contributed by atoms with Crippen LogP contribution in [0.4, 0.5) is 11.4 Å². The lowest BCUT2D eigenvalue weighted by atomic mass is 9.47. The summed E-state index contributed by atoms with van der Waals surface area (Å²) < 4.78 is 0. The van der Waals surface area contributed by atoms with Crippen molar-refractivity contribution in [2.24, 2.45) is 17.3 Å². The molecule has 2 atom stereocenters. The standard InChI is InChI=1S/C18H22N2O4/c21-16(19-14-2-1-3-15(5-14)20(23)24)10-17-6-12-4-13(7-17)9-18(22,8-12)11-17/h1-3,5,12-13,22H,4,6-11H2,(H,19,21). The minimum atomic E-state index is -0.574. The molecule has 4 fully saturated rings. The van der Waals surface area contributed by atoms with Gasteiger partial charge in [0.25, 0.3) is 5.69 Å². The van der Waals surface area contributed by atoms with Gasteiger partial charge in [0, 0.05) is 24.2 Å². The van der Waals surface area contributed by atoms with Crippen LogP contribution in [0.15, 0.2) is 24.3 Å². The van der Waals surface area contributed by atoms with Crippen LogP contribution in [-0.4, -0.2) is 21.5 Å². The Morgan fingerprint density at radius 3 is 2.62 bits per heavy atom. The predicted octanol–water partition coefficient (Wildman–Crippen LogP) is 3.25. The number of carbonyl (C=O) groups excluding carboxylic acids is 1. The number of nitro groups is 1. The van der Waals surface area contributed by atoms with Crippen LogP contribution in [0.2, 0.25) is 0 Å². The molecule has 0 heterocycles. The van der Waals surface area contributed by atoms with Crippen molar-refractivity contribution in [3.63, 3.8) is 0 Å². The number of nitrogens with one attached hydrogen (secondary N) is 1. The molecule has 2 unspecified atom stereocenters. The molecule has 1 aromatic carbocycles. The van der Waals surface area contributed by atoms with Gasteiger partial charge in [-0.1, -0.05) is 6.07 Å². The van der Waals surface area contributed by atoms with Gasteiger partial charge in [-0.05, 0) is 61.8 Å². The molecule has 4 saturated carbocycles. The number of rotatable bonds is 4. The Morgan fingerprint density at radius 2 is 2.00 bits per heavy atom. The number of amides is 1. The zero-order valence-corrected chi connectivity index (χ0v) is 13.5. The fourth-order valence-corrected chi connectivity index (χ4v) is 5.85. The Labute approximate surface area is 140 Å². The molecule has 0 spiro atoms. The highest BCUT2D eigenvalue weighted by atomic mass is 16.6. The number of benzene rings is 1. The van der Waals surface area contributed by atoms with E-state index in [-0.39, 0.29) is 17.0 Å². The molecule has 0 aliphatic heterocycles. The van der Waals surface area contributed by atoms with Crippen molar-refractivity contribution < 1.29 is 14.8 Å². The van der Waals surface area contributed by atoms with E-state index in [2.05, 4.69) is 5.32 Å². The van der Waals surface area contributed by atoms with Gasteiger partial charge in [0.1, 0.15) is 0 Å². The molecular formula is C18H22N2O4. The van der Waals surface area contributed by atoms with E-state index >= 15 is 0 Å². The first-order valence-electron chi connectivity index (χ1n) is 8.62. The minimum absolute atomic E-state index is 0.0306. The zero-order chi connectivity index (χ0) is 16.9. The van der Waals surface area contributed by atoms with E-state index in [1.165, 1.54) is 18.6 Å². The Morgan fingerprint density at radius 1 is 1.29 bits per heavy atom. The zero-order valence-electron chi connectivity index (χ0n) is 13.5. The van der Waals surface area contributed by atoms with Crippen LogP contribution in [0, 0.1) is 27.4 Å². The van der Waals surface area contributed by atoms with Crippen molar-refractivity contribution in [1.82, 2.24) is 0 Å².